The number of nitrogens with one attached hydrogen (secondary N) is 1. The molecule has 0 aromatic carbocycles. The molecule has 0 bridgehead atoms. The predicted octanol–water partition coefficient (Wildman–Crippen LogP) is 1.76. The number of nitrogens with zero attached hydrogens (tertiary/aromatic N) is 1. The number of rotatable bonds is 4. The number of aromatic nitrogens is 1. The molecule has 0 amide bonds. The molecule has 1 saturated carbocycles. The summed E-state index contributed by atoms with van der Waals surface area (Å²) in [6.45, 7) is 0. The van der Waals surface area contributed by atoms with E-state index in [1.807, 2.05) is 25.4 Å². The second kappa shape index (κ2) is 3.96. The van der Waals surface area contributed by atoms with Crippen molar-refractivity contribution < 1.29 is 4.74 Å². The average molecular weight is 192 g/mol. The van der Waals surface area contributed by atoms with E-state index in [-0.39, 0.29) is 0 Å². The Hall–Kier alpha value is -1.09. The summed E-state index contributed by atoms with van der Waals surface area (Å²) in [5.41, 5.74) is 1.04. The minimum atomic E-state index is 0.353. The largest absolute Gasteiger partial charge is 0.495 e. The second-order valence-electron chi connectivity index (χ2n) is 3.69. The molecule has 3 nitrogen and oxygen atoms in total. The molecule has 1 aromatic heterocycles. The van der Waals surface area contributed by atoms with E-state index in [4.69, 9.17) is 4.74 Å². The minimum absolute atomic E-state index is 0.353. The van der Waals surface area contributed by atoms with Crippen LogP contribution < -0.4 is 10.1 Å². The molecule has 1 N–H and O–H groups in total. The summed E-state index contributed by atoms with van der Waals surface area (Å²) in [5, 5.41) is 3.31. The summed E-state index contributed by atoms with van der Waals surface area (Å²) in [6.07, 6.45) is 4.42. The molecule has 0 spiro atoms. The van der Waals surface area contributed by atoms with Gasteiger partial charge in [0.1, 0.15) is 5.75 Å². The maximum atomic E-state index is 5.30. The van der Waals surface area contributed by atoms with Gasteiger partial charge in [0.25, 0.3) is 0 Å². The van der Waals surface area contributed by atoms with Crippen LogP contribution in [0.3, 0.4) is 0 Å². The quantitative estimate of drug-likeness (QED) is 0.789. The topological polar surface area (TPSA) is 34.2 Å². The van der Waals surface area contributed by atoms with Gasteiger partial charge in [-0.05, 0) is 37.9 Å². The van der Waals surface area contributed by atoms with Crippen molar-refractivity contribution in [3.63, 3.8) is 0 Å². The highest BCUT2D eigenvalue weighted by Gasteiger charge is 2.33. The molecule has 1 fully saturated rings. The van der Waals surface area contributed by atoms with Crippen LogP contribution in [-0.4, -0.2) is 19.1 Å². The first-order chi connectivity index (χ1) is 6.86. The van der Waals surface area contributed by atoms with E-state index in [1.165, 1.54) is 12.8 Å². The molecule has 1 aromatic rings. The second-order valence-corrected chi connectivity index (χ2v) is 3.69. The fourth-order valence-electron chi connectivity index (χ4n) is 1.83. The zero-order valence-corrected chi connectivity index (χ0v) is 8.66. The first kappa shape index (κ1) is 9.46. The highest BCUT2D eigenvalue weighted by atomic mass is 16.5. The van der Waals surface area contributed by atoms with Crippen molar-refractivity contribution in [3.05, 3.63) is 24.0 Å². The van der Waals surface area contributed by atoms with E-state index in [2.05, 4.69) is 10.3 Å². The maximum Gasteiger partial charge on any atom is 0.141 e. The van der Waals surface area contributed by atoms with Crippen LogP contribution >= 0.6 is 0 Å². The van der Waals surface area contributed by atoms with Crippen LogP contribution in [0.5, 0.6) is 5.75 Å². The van der Waals surface area contributed by atoms with Gasteiger partial charge in [0.2, 0.25) is 0 Å². The van der Waals surface area contributed by atoms with Crippen molar-refractivity contribution in [1.29, 1.82) is 0 Å². The van der Waals surface area contributed by atoms with Crippen molar-refractivity contribution in [2.45, 2.75) is 18.9 Å². The van der Waals surface area contributed by atoms with Crippen LogP contribution in [0.2, 0.25) is 0 Å². The molecular weight excluding hydrogens is 176 g/mol. The van der Waals surface area contributed by atoms with E-state index in [9.17, 15) is 0 Å². The Kier molecular flexibility index (Phi) is 2.68. The van der Waals surface area contributed by atoms with Gasteiger partial charge in [0.05, 0.1) is 18.8 Å². The standard InChI is InChI=1S/C11H16N2O/c1-12-10(8-5-6-8)11-9(14-2)4-3-7-13-11/h3-4,7-8,10,12H,5-6H2,1-2H3. The predicted molar refractivity (Wildman–Crippen MR) is 55.3 cm³/mol. The molecule has 0 radical (unpaired) electrons. The lowest BCUT2D eigenvalue weighted by molar-refractivity contribution is 0.390. The molecule has 2 rings (SSSR count). The van der Waals surface area contributed by atoms with E-state index < -0.39 is 0 Å². The smallest absolute Gasteiger partial charge is 0.141 e. The monoisotopic (exact) mass is 192 g/mol. The molecule has 1 heterocycles. The number of hydrogen-bond acceptors (Lipinski definition) is 3. The van der Waals surface area contributed by atoms with Gasteiger partial charge in [-0.2, -0.15) is 0 Å². The van der Waals surface area contributed by atoms with Gasteiger partial charge in [0.15, 0.2) is 0 Å². The Morgan fingerprint density at radius 3 is 2.93 bits per heavy atom. The lowest BCUT2D eigenvalue weighted by Gasteiger charge is -2.17. The summed E-state index contributed by atoms with van der Waals surface area (Å²) in [6, 6.07) is 4.22. The molecule has 14 heavy (non-hydrogen) atoms. The summed E-state index contributed by atoms with van der Waals surface area (Å²) >= 11 is 0. The molecule has 1 aliphatic rings. The lowest BCUT2D eigenvalue weighted by Crippen LogP contribution is -2.20. The van der Waals surface area contributed by atoms with E-state index in [1.54, 1.807) is 7.11 Å². The molecule has 1 unspecified atom stereocenters. The first-order valence-corrected chi connectivity index (χ1v) is 5.03. The lowest BCUT2D eigenvalue weighted by atomic mass is 10.1. The Bertz CT molecular complexity index is 310. The first-order valence-electron chi connectivity index (χ1n) is 5.03. The maximum absolute atomic E-state index is 5.30. The van der Waals surface area contributed by atoms with Gasteiger partial charge in [-0.25, -0.2) is 0 Å². The highest BCUT2D eigenvalue weighted by Crippen LogP contribution is 2.42. The van der Waals surface area contributed by atoms with Gasteiger partial charge in [-0.1, -0.05) is 0 Å². The molecule has 0 aliphatic heterocycles. The van der Waals surface area contributed by atoms with Crippen molar-refractivity contribution >= 4 is 0 Å². The Morgan fingerprint density at radius 1 is 1.57 bits per heavy atom. The third-order valence-corrected chi connectivity index (χ3v) is 2.72. The van der Waals surface area contributed by atoms with Crippen molar-refractivity contribution in [2.24, 2.45) is 5.92 Å². The van der Waals surface area contributed by atoms with Gasteiger partial charge in [-0.15, -0.1) is 0 Å². The highest BCUT2D eigenvalue weighted by molar-refractivity contribution is 5.30. The van der Waals surface area contributed by atoms with Crippen molar-refractivity contribution in [2.75, 3.05) is 14.2 Å². The van der Waals surface area contributed by atoms with Gasteiger partial charge in [-0.3, -0.25) is 4.98 Å². The minimum Gasteiger partial charge on any atom is -0.495 e. The summed E-state index contributed by atoms with van der Waals surface area (Å²) < 4.78 is 5.30. The normalized spacial score (nSPS) is 17.9. The zero-order chi connectivity index (χ0) is 9.97. The van der Waals surface area contributed by atoms with E-state index in [0.29, 0.717) is 6.04 Å². The Labute approximate surface area is 84.5 Å². The molecule has 3 heteroatoms. The summed E-state index contributed by atoms with van der Waals surface area (Å²) in [5.74, 6) is 1.63. The summed E-state index contributed by atoms with van der Waals surface area (Å²) in [7, 11) is 3.68. The van der Waals surface area contributed by atoms with Gasteiger partial charge < -0.3 is 10.1 Å². The SMILES string of the molecule is CNC(c1ncccc1OC)C1CC1. The van der Waals surface area contributed by atoms with E-state index >= 15 is 0 Å². The van der Waals surface area contributed by atoms with Gasteiger partial charge in [0, 0.05) is 6.20 Å². The average Bonchev–Trinajstić information content (AvgIpc) is 3.04. The van der Waals surface area contributed by atoms with Crippen LogP contribution in [0.15, 0.2) is 18.3 Å². The fourth-order valence-corrected chi connectivity index (χ4v) is 1.83. The number of methoxy groups -OCH3 is 1. The fraction of sp³-hybridized carbons (Fsp3) is 0.545. The number of ether oxygens (including phenoxy) is 1. The van der Waals surface area contributed by atoms with Crippen molar-refractivity contribution in [3.8, 4) is 5.75 Å². The van der Waals surface area contributed by atoms with Crippen LogP contribution in [0.25, 0.3) is 0 Å². The zero-order valence-electron chi connectivity index (χ0n) is 8.66. The van der Waals surface area contributed by atoms with Crippen LogP contribution in [0.4, 0.5) is 0 Å². The Balaban J connectivity index is 2.27. The third kappa shape index (κ3) is 1.73. The number of hydrogen-bond donors (Lipinski definition) is 1. The van der Waals surface area contributed by atoms with Crippen LogP contribution in [-0.2, 0) is 0 Å². The van der Waals surface area contributed by atoms with Crippen molar-refractivity contribution in [1.82, 2.24) is 10.3 Å². The molecule has 76 valence electrons. The summed E-state index contributed by atoms with van der Waals surface area (Å²) in [4.78, 5) is 4.39. The third-order valence-electron chi connectivity index (χ3n) is 2.72. The molecular formula is C11H16N2O. The molecule has 0 saturated heterocycles. The molecule has 1 aliphatic carbocycles. The molecule has 1 atom stereocenters. The number of pyridine rings is 1. The Morgan fingerprint density at radius 2 is 2.36 bits per heavy atom. The van der Waals surface area contributed by atoms with Crippen LogP contribution in [0.1, 0.15) is 24.6 Å². The van der Waals surface area contributed by atoms with Gasteiger partial charge >= 0.3 is 0 Å². The van der Waals surface area contributed by atoms with E-state index in [0.717, 1.165) is 17.4 Å². The van der Waals surface area contributed by atoms with Crippen LogP contribution in [0, 0.1) is 5.92 Å².